The molecule has 2 nitrogen and oxygen atoms in total. The number of aryl methyl sites for hydroxylation is 1. The molecule has 0 saturated carbocycles. The van der Waals surface area contributed by atoms with E-state index in [0.717, 1.165) is 25.6 Å². The average Bonchev–Trinajstić information content (AvgIpc) is 2.40. The minimum absolute atomic E-state index is 0.215. The summed E-state index contributed by atoms with van der Waals surface area (Å²) in [7, 11) is 0. The Balaban J connectivity index is 2.17. The quantitative estimate of drug-likeness (QED) is 0.902. The van der Waals surface area contributed by atoms with Crippen molar-refractivity contribution in [2.75, 3.05) is 13.1 Å². The minimum atomic E-state index is 0.215. The molecular weight excluding hydrogens is 244 g/mol. The minimum Gasteiger partial charge on any atom is -0.309 e. The van der Waals surface area contributed by atoms with Crippen molar-refractivity contribution in [2.45, 2.75) is 59.2 Å². The van der Waals surface area contributed by atoms with Crippen molar-refractivity contribution in [1.82, 2.24) is 10.2 Å². The van der Waals surface area contributed by atoms with Crippen molar-refractivity contribution in [2.24, 2.45) is 5.92 Å². The molecule has 2 heteroatoms. The molecule has 0 spiro atoms. The number of benzene rings is 1. The predicted molar refractivity (Wildman–Crippen MR) is 86.9 cm³/mol. The molecule has 1 saturated heterocycles. The van der Waals surface area contributed by atoms with Crippen LogP contribution in [0.1, 0.15) is 45.2 Å². The van der Waals surface area contributed by atoms with Gasteiger partial charge >= 0.3 is 0 Å². The Morgan fingerprint density at radius 1 is 1.35 bits per heavy atom. The molecule has 1 aliphatic rings. The highest BCUT2D eigenvalue weighted by atomic mass is 15.2. The van der Waals surface area contributed by atoms with Crippen LogP contribution in [-0.4, -0.2) is 29.6 Å². The summed E-state index contributed by atoms with van der Waals surface area (Å²) >= 11 is 0. The number of hydrogen-bond donors (Lipinski definition) is 1. The Hall–Kier alpha value is -0.860. The number of nitrogens with one attached hydrogen (secondary N) is 1. The first kappa shape index (κ1) is 15.5. The summed E-state index contributed by atoms with van der Waals surface area (Å²) in [5, 5.41) is 3.71. The summed E-state index contributed by atoms with van der Waals surface area (Å²) in [6.45, 7) is 14.8. The van der Waals surface area contributed by atoms with Crippen LogP contribution in [0.25, 0.3) is 0 Å². The van der Waals surface area contributed by atoms with Gasteiger partial charge in [-0.1, -0.05) is 44.5 Å². The lowest BCUT2D eigenvalue weighted by Crippen LogP contribution is -2.62. The van der Waals surface area contributed by atoms with Crippen LogP contribution >= 0.6 is 0 Å². The topological polar surface area (TPSA) is 15.3 Å². The molecular formula is C18H30N2. The predicted octanol–water partition coefficient (Wildman–Crippen LogP) is 3.59. The van der Waals surface area contributed by atoms with Crippen LogP contribution in [0.15, 0.2) is 24.3 Å². The van der Waals surface area contributed by atoms with E-state index in [2.05, 4.69) is 69.1 Å². The van der Waals surface area contributed by atoms with Crippen LogP contribution in [0.3, 0.4) is 0 Å². The van der Waals surface area contributed by atoms with Crippen LogP contribution < -0.4 is 5.32 Å². The van der Waals surface area contributed by atoms with Gasteiger partial charge in [-0.3, -0.25) is 4.90 Å². The summed E-state index contributed by atoms with van der Waals surface area (Å²) in [5.74, 6) is 0.739. The summed E-state index contributed by atoms with van der Waals surface area (Å²) in [6, 6.07) is 9.44. The van der Waals surface area contributed by atoms with Gasteiger partial charge in [-0.2, -0.15) is 0 Å². The maximum Gasteiger partial charge on any atom is 0.0253 e. The molecule has 0 radical (unpaired) electrons. The lowest BCUT2D eigenvalue weighted by molar-refractivity contribution is 0.0570. The van der Waals surface area contributed by atoms with E-state index < -0.39 is 0 Å². The number of piperazine rings is 1. The van der Waals surface area contributed by atoms with E-state index >= 15 is 0 Å². The van der Waals surface area contributed by atoms with Crippen LogP contribution in [0.5, 0.6) is 0 Å². The SMILES string of the molecule is CCC(C)C1CNC(C)(C)CN1Cc1ccccc1C. The van der Waals surface area contributed by atoms with Crippen molar-refractivity contribution in [1.29, 1.82) is 0 Å². The molecule has 2 atom stereocenters. The maximum atomic E-state index is 3.71. The van der Waals surface area contributed by atoms with Gasteiger partial charge in [0.25, 0.3) is 0 Å². The molecule has 0 amide bonds. The Labute approximate surface area is 124 Å². The van der Waals surface area contributed by atoms with Crippen LogP contribution in [0.2, 0.25) is 0 Å². The van der Waals surface area contributed by atoms with Crippen molar-refractivity contribution in [3.63, 3.8) is 0 Å². The molecule has 1 fully saturated rings. The fraction of sp³-hybridized carbons (Fsp3) is 0.667. The lowest BCUT2D eigenvalue weighted by Gasteiger charge is -2.47. The molecule has 20 heavy (non-hydrogen) atoms. The fourth-order valence-electron chi connectivity index (χ4n) is 3.20. The van der Waals surface area contributed by atoms with Gasteiger partial charge in [0.1, 0.15) is 0 Å². The van der Waals surface area contributed by atoms with Crippen LogP contribution in [-0.2, 0) is 6.54 Å². The third-order valence-electron chi connectivity index (χ3n) is 4.79. The van der Waals surface area contributed by atoms with Gasteiger partial charge in [0.2, 0.25) is 0 Å². The van der Waals surface area contributed by atoms with E-state index in [4.69, 9.17) is 0 Å². The van der Waals surface area contributed by atoms with E-state index in [1.807, 2.05) is 0 Å². The molecule has 1 aliphatic heterocycles. The first-order valence-corrected chi connectivity index (χ1v) is 7.96. The third kappa shape index (κ3) is 3.62. The molecule has 1 heterocycles. The van der Waals surface area contributed by atoms with E-state index in [9.17, 15) is 0 Å². The largest absolute Gasteiger partial charge is 0.309 e. The van der Waals surface area contributed by atoms with Gasteiger partial charge in [0, 0.05) is 31.2 Å². The molecule has 0 aromatic heterocycles. The zero-order valence-corrected chi connectivity index (χ0v) is 13.7. The second-order valence-electron chi connectivity index (χ2n) is 7.05. The second-order valence-corrected chi connectivity index (χ2v) is 7.05. The molecule has 112 valence electrons. The van der Waals surface area contributed by atoms with Crippen LogP contribution in [0.4, 0.5) is 0 Å². The summed E-state index contributed by atoms with van der Waals surface area (Å²) in [5.41, 5.74) is 3.09. The lowest BCUT2D eigenvalue weighted by atomic mass is 9.90. The molecule has 2 rings (SSSR count). The zero-order chi connectivity index (χ0) is 14.8. The zero-order valence-electron chi connectivity index (χ0n) is 13.7. The standard InChI is InChI=1S/C18H30N2/c1-6-14(2)17-11-19-18(4,5)13-20(17)12-16-10-8-7-9-15(16)3/h7-10,14,17,19H,6,11-13H2,1-5H3. The monoisotopic (exact) mass is 274 g/mol. The molecule has 1 aromatic carbocycles. The van der Waals surface area contributed by atoms with E-state index in [1.165, 1.54) is 17.5 Å². The van der Waals surface area contributed by atoms with E-state index in [1.54, 1.807) is 0 Å². The van der Waals surface area contributed by atoms with Crippen molar-refractivity contribution < 1.29 is 0 Å². The van der Waals surface area contributed by atoms with Gasteiger partial charge in [-0.05, 0) is 37.8 Å². The van der Waals surface area contributed by atoms with Gasteiger partial charge in [-0.15, -0.1) is 0 Å². The van der Waals surface area contributed by atoms with Gasteiger partial charge in [-0.25, -0.2) is 0 Å². The average molecular weight is 274 g/mol. The third-order valence-corrected chi connectivity index (χ3v) is 4.79. The smallest absolute Gasteiger partial charge is 0.0253 e. The molecule has 0 aliphatic carbocycles. The normalized spacial score (nSPS) is 24.6. The first-order valence-electron chi connectivity index (χ1n) is 7.96. The highest BCUT2D eigenvalue weighted by molar-refractivity contribution is 5.25. The van der Waals surface area contributed by atoms with E-state index in [-0.39, 0.29) is 5.54 Å². The molecule has 1 aromatic rings. The maximum absolute atomic E-state index is 3.71. The molecule has 0 bridgehead atoms. The Morgan fingerprint density at radius 2 is 2.05 bits per heavy atom. The summed E-state index contributed by atoms with van der Waals surface area (Å²) < 4.78 is 0. The highest BCUT2D eigenvalue weighted by Gasteiger charge is 2.34. The number of nitrogens with zero attached hydrogens (tertiary/aromatic N) is 1. The van der Waals surface area contributed by atoms with Crippen molar-refractivity contribution in [3.8, 4) is 0 Å². The van der Waals surface area contributed by atoms with Crippen molar-refractivity contribution in [3.05, 3.63) is 35.4 Å². The number of hydrogen-bond acceptors (Lipinski definition) is 2. The highest BCUT2D eigenvalue weighted by Crippen LogP contribution is 2.24. The first-order chi connectivity index (χ1) is 9.43. The molecule has 2 unspecified atom stereocenters. The van der Waals surface area contributed by atoms with Crippen molar-refractivity contribution >= 4 is 0 Å². The Morgan fingerprint density at radius 3 is 2.70 bits per heavy atom. The number of rotatable bonds is 4. The summed E-state index contributed by atoms with van der Waals surface area (Å²) in [6.07, 6.45) is 1.25. The second kappa shape index (κ2) is 6.28. The van der Waals surface area contributed by atoms with Gasteiger partial charge in [0.05, 0.1) is 0 Å². The molecule has 1 N–H and O–H groups in total. The fourth-order valence-corrected chi connectivity index (χ4v) is 3.20. The van der Waals surface area contributed by atoms with Crippen LogP contribution in [0, 0.1) is 12.8 Å². The van der Waals surface area contributed by atoms with E-state index in [0.29, 0.717) is 6.04 Å². The van der Waals surface area contributed by atoms with Gasteiger partial charge < -0.3 is 5.32 Å². The Bertz CT molecular complexity index is 439. The van der Waals surface area contributed by atoms with Gasteiger partial charge in [0.15, 0.2) is 0 Å². The Kier molecular flexibility index (Phi) is 4.87. The summed E-state index contributed by atoms with van der Waals surface area (Å²) in [4.78, 5) is 2.69.